The van der Waals surface area contributed by atoms with Gasteiger partial charge in [0.05, 0.1) is 33.7 Å². The van der Waals surface area contributed by atoms with Crippen LogP contribution in [0.4, 0.5) is 0 Å². The summed E-state index contributed by atoms with van der Waals surface area (Å²) in [6.07, 6.45) is 0. The molecular formula is C36H31N5O. The summed E-state index contributed by atoms with van der Waals surface area (Å²) in [5.74, 6) is 2.00. The monoisotopic (exact) mass is 549 g/mol. The molecule has 0 amide bonds. The summed E-state index contributed by atoms with van der Waals surface area (Å²) in [4.78, 5) is 14.9. The number of nitrogens with zero attached hydrogens (tertiary/aromatic N) is 5. The highest BCUT2D eigenvalue weighted by molar-refractivity contribution is 6.23. The van der Waals surface area contributed by atoms with E-state index in [1.54, 1.807) is 0 Å². The van der Waals surface area contributed by atoms with E-state index in [1.165, 1.54) is 0 Å². The van der Waals surface area contributed by atoms with Gasteiger partial charge in [0.15, 0.2) is 5.82 Å². The van der Waals surface area contributed by atoms with Gasteiger partial charge in [0.1, 0.15) is 22.8 Å². The van der Waals surface area contributed by atoms with Crippen molar-refractivity contribution in [3.63, 3.8) is 0 Å². The van der Waals surface area contributed by atoms with Crippen molar-refractivity contribution in [3.8, 4) is 23.1 Å². The highest BCUT2D eigenvalue weighted by Gasteiger charge is 2.27. The van der Waals surface area contributed by atoms with Crippen LogP contribution < -0.4 is 0 Å². The van der Waals surface area contributed by atoms with Gasteiger partial charge in [-0.3, -0.25) is 0 Å². The van der Waals surface area contributed by atoms with Crippen LogP contribution in [0.2, 0.25) is 0 Å². The van der Waals surface area contributed by atoms with Crippen LogP contribution in [0.1, 0.15) is 58.8 Å². The van der Waals surface area contributed by atoms with Crippen LogP contribution in [0, 0.1) is 11.3 Å². The maximum absolute atomic E-state index is 9.91. The zero-order chi connectivity index (χ0) is 29.4. The third-order valence-electron chi connectivity index (χ3n) is 7.76. The highest BCUT2D eigenvalue weighted by Crippen LogP contribution is 2.42. The quantitative estimate of drug-likeness (QED) is 0.215. The molecule has 6 nitrogen and oxygen atoms in total. The Morgan fingerprint density at radius 2 is 1.36 bits per heavy atom. The average molecular weight is 550 g/mol. The number of para-hydroxylation sites is 2. The number of fused-ring (bicyclic) bond motifs is 7. The Morgan fingerprint density at radius 3 is 2.05 bits per heavy atom. The number of nitriles is 1. The molecule has 0 radical (unpaired) electrons. The Balaban J connectivity index is 1.60. The molecule has 0 unspecified atom stereocenters. The first-order valence-electron chi connectivity index (χ1n) is 14.2. The van der Waals surface area contributed by atoms with Crippen molar-refractivity contribution in [1.82, 2.24) is 19.5 Å². The van der Waals surface area contributed by atoms with Crippen LogP contribution in [0.25, 0.3) is 60.8 Å². The van der Waals surface area contributed by atoms with Crippen molar-refractivity contribution in [3.05, 3.63) is 96.1 Å². The smallest absolute Gasteiger partial charge is 0.165 e. The van der Waals surface area contributed by atoms with Gasteiger partial charge in [-0.15, -0.1) is 0 Å². The largest absolute Gasteiger partial charge is 0.455 e. The average Bonchev–Trinajstić information content (AvgIpc) is 3.51. The molecular weight excluding hydrogens is 518 g/mol. The van der Waals surface area contributed by atoms with Crippen LogP contribution >= 0.6 is 0 Å². The Hall–Kier alpha value is -5.02. The molecule has 0 bridgehead atoms. The molecule has 0 aliphatic carbocycles. The van der Waals surface area contributed by atoms with Crippen LogP contribution in [0.15, 0.2) is 83.3 Å². The predicted octanol–water partition coefficient (Wildman–Crippen LogP) is 9.00. The fourth-order valence-corrected chi connectivity index (χ4v) is 5.64. The van der Waals surface area contributed by atoms with E-state index >= 15 is 0 Å². The molecule has 0 saturated carbocycles. The second-order valence-corrected chi connectivity index (χ2v) is 12.9. The van der Waals surface area contributed by atoms with E-state index in [2.05, 4.69) is 94.6 Å². The van der Waals surface area contributed by atoms with Crippen molar-refractivity contribution >= 4 is 43.7 Å². The molecule has 0 aliphatic heterocycles. The van der Waals surface area contributed by atoms with Crippen molar-refractivity contribution in [2.24, 2.45) is 0 Å². The molecule has 4 aromatic carbocycles. The molecule has 0 aliphatic rings. The van der Waals surface area contributed by atoms with Crippen molar-refractivity contribution in [2.75, 3.05) is 0 Å². The summed E-state index contributed by atoms with van der Waals surface area (Å²) >= 11 is 0. The zero-order valence-electron chi connectivity index (χ0n) is 24.6. The molecule has 7 aromatic rings. The van der Waals surface area contributed by atoms with Crippen molar-refractivity contribution in [1.29, 1.82) is 5.26 Å². The van der Waals surface area contributed by atoms with Gasteiger partial charge in [-0.25, -0.2) is 15.0 Å². The molecule has 0 N–H and O–H groups in total. The number of benzene rings is 4. The fourth-order valence-electron chi connectivity index (χ4n) is 5.64. The molecule has 0 atom stereocenters. The van der Waals surface area contributed by atoms with Crippen LogP contribution in [0.5, 0.6) is 0 Å². The molecule has 42 heavy (non-hydrogen) atoms. The normalized spacial score (nSPS) is 12.5. The van der Waals surface area contributed by atoms with E-state index in [-0.39, 0.29) is 10.8 Å². The van der Waals surface area contributed by atoms with Gasteiger partial charge in [-0.2, -0.15) is 5.26 Å². The summed E-state index contributed by atoms with van der Waals surface area (Å²) in [7, 11) is 0. The van der Waals surface area contributed by atoms with E-state index in [4.69, 9.17) is 19.4 Å². The molecule has 0 fully saturated rings. The maximum atomic E-state index is 9.91. The first-order chi connectivity index (χ1) is 20.0. The molecule has 6 heteroatoms. The lowest BCUT2D eigenvalue weighted by molar-refractivity contribution is 0.497. The Bertz CT molecular complexity index is 2200. The van der Waals surface area contributed by atoms with Crippen molar-refractivity contribution in [2.45, 2.75) is 52.4 Å². The SMILES string of the molecule is CC(C)(C)c1nc(-c2cc(C#N)ccc2-n2c3ccccc3c3c4oc5ccccc5c4ccc32)nc(C(C)(C)C)n1. The Labute approximate surface area is 244 Å². The van der Waals surface area contributed by atoms with Crippen molar-refractivity contribution < 1.29 is 4.42 Å². The summed E-state index contributed by atoms with van der Waals surface area (Å²) in [6, 6.07) is 28.9. The minimum atomic E-state index is -0.287. The Kier molecular flexibility index (Phi) is 5.55. The maximum Gasteiger partial charge on any atom is 0.165 e. The third-order valence-corrected chi connectivity index (χ3v) is 7.76. The van der Waals surface area contributed by atoms with E-state index in [0.29, 0.717) is 11.4 Å². The number of hydrogen-bond acceptors (Lipinski definition) is 5. The molecule has 7 rings (SSSR count). The van der Waals surface area contributed by atoms with Gasteiger partial charge in [0.2, 0.25) is 0 Å². The van der Waals surface area contributed by atoms with Crippen LogP contribution in [-0.4, -0.2) is 19.5 Å². The van der Waals surface area contributed by atoms with Gasteiger partial charge in [-0.1, -0.05) is 77.9 Å². The standard InChI is InChI=1S/C36H31N5O/c1-35(2,3)33-38-32(39-34(40-33)36(4,5)6)25-19-21(20-37)15-17-27(25)41-26-13-9-7-12-24(26)30-28(41)18-16-23-22-11-8-10-14-29(22)42-31(23)30/h7-19H,1-6H3. The van der Waals surface area contributed by atoms with Gasteiger partial charge >= 0.3 is 0 Å². The number of aromatic nitrogens is 4. The lowest BCUT2D eigenvalue weighted by atomic mass is 9.92. The molecule has 0 spiro atoms. The van der Waals surface area contributed by atoms with Crippen LogP contribution in [0.3, 0.4) is 0 Å². The van der Waals surface area contributed by atoms with E-state index in [9.17, 15) is 5.26 Å². The topological polar surface area (TPSA) is 80.5 Å². The number of rotatable bonds is 2. The Morgan fingerprint density at radius 1 is 0.690 bits per heavy atom. The molecule has 3 heterocycles. The summed E-state index contributed by atoms with van der Waals surface area (Å²) in [6.45, 7) is 12.6. The highest BCUT2D eigenvalue weighted by atomic mass is 16.3. The number of hydrogen-bond donors (Lipinski definition) is 0. The minimum absolute atomic E-state index is 0.287. The van der Waals surface area contributed by atoms with E-state index < -0.39 is 0 Å². The minimum Gasteiger partial charge on any atom is -0.455 e. The summed E-state index contributed by atoms with van der Waals surface area (Å²) in [5, 5.41) is 14.2. The second-order valence-electron chi connectivity index (χ2n) is 12.9. The van der Waals surface area contributed by atoms with Crippen LogP contribution in [-0.2, 0) is 10.8 Å². The first kappa shape index (κ1) is 25.9. The third kappa shape index (κ3) is 3.96. The first-order valence-corrected chi connectivity index (χ1v) is 14.2. The van der Waals surface area contributed by atoms with E-state index in [1.807, 2.05) is 36.4 Å². The molecule has 0 saturated heterocycles. The fraction of sp³-hybridized carbons (Fsp3) is 0.222. The lowest BCUT2D eigenvalue weighted by Crippen LogP contribution is -2.24. The molecule has 206 valence electrons. The summed E-state index contributed by atoms with van der Waals surface area (Å²) < 4.78 is 8.73. The lowest BCUT2D eigenvalue weighted by Gasteiger charge is -2.23. The number of furan rings is 1. The van der Waals surface area contributed by atoms with Gasteiger partial charge in [0.25, 0.3) is 0 Å². The summed E-state index contributed by atoms with van der Waals surface area (Å²) in [5.41, 5.74) is 5.41. The van der Waals surface area contributed by atoms with E-state index in [0.717, 1.165) is 66.6 Å². The second kappa shape index (κ2) is 8.99. The van der Waals surface area contributed by atoms with Gasteiger partial charge < -0.3 is 8.98 Å². The predicted molar refractivity (Wildman–Crippen MR) is 169 cm³/mol. The molecule has 3 aromatic heterocycles. The van der Waals surface area contributed by atoms with Gasteiger partial charge in [0, 0.05) is 32.6 Å². The zero-order valence-corrected chi connectivity index (χ0v) is 24.6. The van der Waals surface area contributed by atoms with Gasteiger partial charge in [-0.05, 0) is 42.5 Å².